The average molecular weight is 401 g/mol. The third-order valence-electron chi connectivity index (χ3n) is 5.74. The van der Waals surface area contributed by atoms with Gasteiger partial charge in [-0.05, 0) is 30.3 Å². The van der Waals surface area contributed by atoms with E-state index in [1.807, 2.05) is 65.2 Å². The highest BCUT2D eigenvalue weighted by Crippen LogP contribution is 2.40. The van der Waals surface area contributed by atoms with E-state index in [-0.39, 0.29) is 11.3 Å². The van der Waals surface area contributed by atoms with Crippen LogP contribution < -0.4 is 0 Å². The molecule has 2 heterocycles. The summed E-state index contributed by atoms with van der Waals surface area (Å²) in [6.45, 7) is 7.56. The first-order chi connectivity index (χ1) is 15.2. The van der Waals surface area contributed by atoms with Crippen LogP contribution in [0.4, 0.5) is 10.1 Å². The molecule has 4 aromatic carbocycles. The Kier molecular flexibility index (Phi) is 3.45. The lowest BCUT2D eigenvalue weighted by Crippen LogP contribution is -1.97. The predicted octanol–water partition coefficient (Wildman–Crippen LogP) is 7.24. The fraction of sp³-hybridized carbons (Fsp3) is 0. The highest BCUT2D eigenvalue weighted by molar-refractivity contribution is 6.17. The van der Waals surface area contributed by atoms with Crippen LogP contribution in [0.25, 0.3) is 54.3 Å². The van der Waals surface area contributed by atoms with Gasteiger partial charge in [-0.25, -0.2) is 9.24 Å². The number of benzene rings is 4. The Morgan fingerprint density at radius 3 is 2.42 bits per heavy atom. The number of para-hydroxylation sites is 2. The number of hydrogen-bond acceptors (Lipinski definition) is 2. The van der Waals surface area contributed by atoms with Crippen molar-refractivity contribution in [3.05, 3.63) is 95.6 Å². The zero-order valence-corrected chi connectivity index (χ0v) is 16.1. The smallest absolute Gasteiger partial charge is 0.246 e. The standard InChI is InChI=1S/C26H12FN3O/c1-29-26-21(11-10-15(14-28)25(26)27)30-20-8-4-2-6-16(20)18-12-19-17-7-3-5-9-23(17)31-24(19)13-22(18)30/h2-13H. The first-order valence-corrected chi connectivity index (χ1v) is 9.66. The Hall–Kier alpha value is -4.61. The Morgan fingerprint density at radius 1 is 0.839 bits per heavy atom. The van der Waals surface area contributed by atoms with Gasteiger partial charge in [0.15, 0.2) is 0 Å². The summed E-state index contributed by atoms with van der Waals surface area (Å²) < 4.78 is 22.8. The molecule has 0 radical (unpaired) electrons. The number of furan rings is 1. The molecule has 2 aromatic heterocycles. The molecular weight excluding hydrogens is 389 g/mol. The van der Waals surface area contributed by atoms with Crippen LogP contribution in [0, 0.1) is 23.7 Å². The van der Waals surface area contributed by atoms with Crippen molar-refractivity contribution in [3.8, 4) is 11.8 Å². The summed E-state index contributed by atoms with van der Waals surface area (Å²) in [5.41, 5.74) is 3.25. The third-order valence-corrected chi connectivity index (χ3v) is 5.74. The summed E-state index contributed by atoms with van der Waals surface area (Å²) >= 11 is 0. The van der Waals surface area contributed by atoms with Gasteiger partial charge in [0.1, 0.15) is 23.1 Å². The van der Waals surface area contributed by atoms with Gasteiger partial charge >= 0.3 is 0 Å². The quantitative estimate of drug-likeness (QED) is 0.273. The van der Waals surface area contributed by atoms with E-state index in [0.29, 0.717) is 5.69 Å². The first kappa shape index (κ1) is 17.3. The van der Waals surface area contributed by atoms with Crippen LogP contribution in [0.2, 0.25) is 0 Å². The molecule has 0 aliphatic rings. The van der Waals surface area contributed by atoms with Crippen molar-refractivity contribution in [3.63, 3.8) is 0 Å². The summed E-state index contributed by atoms with van der Waals surface area (Å²) in [5.74, 6) is -0.800. The van der Waals surface area contributed by atoms with Crippen molar-refractivity contribution >= 4 is 49.4 Å². The number of aromatic nitrogens is 1. The van der Waals surface area contributed by atoms with Crippen molar-refractivity contribution in [1.29, 1.82) is 5.26 Å². The Morgan fingerprint density at radius 2 is 1.61 bits per heavy atom. The largest absolute Gasteiger partial charge is 0.456 e. The molecule has 0 N–H and O–H groups in total. The van der Waals surface area contributed by atoms with Gasteiger partial charge in [-0.3, -0.25) is 0 Å². The molecule has 0 aliphatic carbocycles. The van der Waals surface area contributed by atoms with Crippen LogP contribution in [0.15, 0.2) is 77.2 Å². The Labute approximate surface area is 175 Å². The number of fused-ring (bicyclic) bond motifs is 6. The van der Waals surface area contributed by atoms with Crippen LogP contribution in [0.5, 0.6) is 0 Å². The molecule has 0 bridgehead atoms. The van der Waals surface area contributed by atoms with E-state index in [0.717, 1.165) is 43.7 Å². The molecular formula is C26H12FN3O. The number of hydrogen-bond donors (Lipinski definition) is 0. The van der Waals surface area contributed by atoms with E-state index in [4.69, 9.17) is 11.0 Å². The second kappa shape index (κ2) is 6.19. The minimum Gasteiger partial charge on any atom is -0.456 e. The summed E-state index contributed by atoms with van der Waals surface area (Å²) in [6.07, 6.45) is 0. The van der Waals surface area contributed by atoms with Crippen LogP contribution in [0.3, 0.4) is 0 Å². The van der Waals surface area contributed by atoms with E-state index in [1.54, 1.807) is 6.07 Å². The topological polar surface area (TPSA) is 46.2 Å². The first-order valence-electron chi connectivity index (χ1n) is 9.66. The molecule has 0 aliphatic heterocycles. The fourth-order valence-corrected chi connectivity index (χ4v) is 4.37. The highest BCUT2D eigenvalue weighted by atomic mass is 19.1. The maximum Gasteiger partial charge on any atom is 0.246 e. The van der Waals surface area contributed by atoms with Crippen LogP contribution >= 0.6 is 0 Å². The zero-order valence-electron chi connectivity index (χ0n) is 16.1. The Bertz CT molecular complexity index is 1780. The number of nitriles is 1. The van der Waals surface area contributed by atoms with Gasteiger partial charge in [0.2, 0.25) is 5.69 Å². The average Bonchev–Trinajstić information content (AvgIpc) is 3.32. The number of nitrogens with zero attached hydrogens (tertiary/aromatic N) is 3. The summed E-state index contributed by atoms with van der Waals surface area (Å²) in [5, 5.41) is 13.2. The van der Waals surface area contributed by atoms with Crippen LogP contribution in [-0.4, -0.2) is 4.57 Å². The molecule has 0 saturated heterocycles. The van der Waals surface area contributed by atoms with Crippen molar-refractivity contribution in [2.45, 2.75) is 0 Å². The molecule has 31 heavy (non-hydrogen) atoms. The second-order valence-corrected chi connectivity index (χ2v) is 7.33. The van der Waals surface area contributed by atoms with Crippen LogP contribution in [0.1, 0.15) is 5.56 Å². The molecule has 6 rings (SSSR count). The third kappa shape index (κ3) is 2.26. The molecule has 4 nitrogen and oxygen atoms in total. The van der Waals surface area contributed by atoms with E-state index < -0.39 is 5.82 Å². The highest BCUT2D eigenvalue weighted by Gasteiger charge is 2.20. The minimum absolute atomic E-state index is 0.143. The van der Waals surface area contributed by atoms with E-state index in [1.165, 1.54) is 6.07 Å². The van der Waals surface area contributed by atoms with E-state index >= 15 is 0 Å². The van der Waals surface area contributed by atoms with Gasteiger partial charge in [-0.1, -0.05) is 36.4 Å². The van der Waals surface area contributed by atoms with Gasteiger partial charge in [-0.15, -0.1) is 0 Å². The molecule has 0 amide bonds. The fourth-order valence-electron chi connectivity index (χ4n) is 4.37. The van der Waals surface area contributed by atoms with Crippen molar-refractivity contribution < 1.29 is 8.81 Å². The van der Waals surface area contributed by atoms with Gasteiger partial charge in [0.05, 0.1) is 28.9 Å². The maximum atomic E-state index is 14.9. The summed E-state index contributed by atoms with van der Waals surface area (Å²) in [7, 11) is 0. The monoisotopic (exact) mass is 401 g/mol. The van der Waals surface area contributed by atoms with Crippen LogP contribution in [-0.2, 0) is 0 Å². The van der Waals surface area contributed by atoms with Gasteiger partial charge < -0.3 is 8.98 Å². The molecule has 0 atom stereocenters. The molecule has 0 unspecified atom stereocenters. The zero-order chi connectivity index (χ0) is 21.1. The SMILES string of the molecule is [C-]#[N+]c1c(-n2c3ccccc3c3cc4c(cc32)oc2ccccc24)ccc(C#N)c1F. The second-order valence-electron chi connectivity index (χ2n) is 7.33. The molecule has 0 spiro atoms. The Balaban J connectivity index is 1.82. The number of halogens is 1. The molecule has 0 saturated carbocycles. The van der Waals surface area contributed by atoms with Crippen molar-refractivity contribution in [2.75, 3.05) is 0 Å². The van der Waals surface area contributed by atoms with Gasteiger partial charge in [0, 0.05) is 27.6 Å². The molecule has 6 aromatic rings. The van der Waals surface area contributed by atoms with Crippen molar-refractivity contribution in [2.24, 2.45) is 0 Å². The molecule has 0 fully saturated rings. The summed E-state index contributed by atoms with van der Waals surface area (Å²) in [4.78, 5) is 3.42. The van der Waals surface area contributed by atoms with Gasteiger partial charge in [0.25, 0.3) is 0 Å². The van der Waals surface area contributed by atoms with E-state index in [9.17, 15) is 9.65 Å². The normalized spacial score (nSPS) is 11.3. The predicted molar refractivity (Wildman–Crippen MR) is 119 cm³/mol. The number of rotatable bonds is 1. The lowest BCUT2D eigenvalue weighted by molar-refractivity contribution is 0.629. The summed E-state index contributed by atoms with van der Waals surface area (Å²) in [6, 6.07) is 24.6. The maximum absolute atomic E-state index is 14.9. The lowest BCUT2D eigenvalue weighted by Gasteiger charge is -2.11. The van der Waals surface area contributed by atoms with Crippen molar-refractivity contribution in [1.82, 2.24) is 4.57 Å². The van der Waals surface area contributed by atoms with E-state index in [2.05, 4.69) is 10.9 Å². The minimum atomic E-state index is -0.800. The van der Waals surface area contributed by atoms with Gasteiger partial charge in [-0.2, -0.15) is 5.26 Å². The molecule has 144 valence electrons. The molecule has 5 heteroatoms. The lowest BCUT2D eigenvalue weighted by atomic mass is 10.1.